The lowest BCUT2D eigenvalue weighted by atomic mass is 9.81. The maximum atomic E-state index is 12.4. The summed E-state index contributed by atoms with van der Waals surface area (Å²) >= 11 is 0. The minimum absolute atomic E-state index is 0.0397. The van der Waals surface area contributed by atoms with Gasteiger partial charge in [0.1, 0.15) is 5.75 Å². The van der Waals surface area contributed by atoms with Crippen LogP contribution >= 0.6 is 0 Å². The first kappa shape index (κ1) is 15.5. The van der Waals surface area contributed by atoms with E-state index in [1.54, 1.807) is 7.11 Å². The molecule has 1 aromatic carbocycles. The van der Waals surface area contributed by atoms with Crippen LogP contribution in [0.25, 0.3) is 0 Å². The fourth-order valence-corrected chi connectivity index (χ4v) is 2.11. The Kier molecular flexibility index (Phi) is 5.36. The number of aryl methyl sites for hydroxylation is 1. The summed E-state index contributed by atoms with van der Waals surface area (Å²) < 4.78 is 5.29. The summed E-state index contributed by atoms with van der Waals surface area (Å²) in [4.78, 5) is 12.4. The highest BCUT2D eigenvalue weighted by molar-refractivity contribution is 5.96. The third-order valence-electron chi connectivity index (χ3n) is 3.83. The van der Waals surface area contributed by atoms with Crippen LogP contribution in [0.5, 0.6) is 5.75 Å². The molecule has 0 heterocycles. The van der Waals surface area contributed by atoms with E-state index in [4.69, 9.17) is 10.5 Å². The van der Waals surface area contributed by atoms with Crippen LogP contribution in [0, 0.1) is 12.3 Å². The van der Waals surface area contributed by atoms with E-state index in [1.807, 2.05) is 39.0 Å². The second-order valence-corrected chi connectivity index (χ2v) is 4.85. The van der Waals surface area contributed by atoms with Gasteiger partial charge in [0.25, 0.3) is 0 Å². The van der Waals surface area contributed by atoms with Gasteiger partial charge >= 0.3 is 0 Å². The topological polar surface area (TPSA) is 64.4 Å². The third-order valence-corrected chi connectivity index (χ3v) is 3.83. The number of nitrogens with one attached hydrogen (secondary N) is 1. The van der Waals surface area contributed by atoms with E-state index in [0.29, 0.717) is 18.0 Å². The lowest BCUT2D eigenvalue weighted by Crippen LogP contribution is -2.41. The molecule has 0 spiro atoms. The maximum absolute atomic E-state index is 12.4. The molecule has 0 atom stereocenters. The molecule has 0 aliphatic heterocycles. The summed E-state index contributed by atoms with van der Waals surface area (Å²) in [6.45, 7) is 6.31. The Hall–Kier alpha value is -1.55. The number of anilines is 1. The number of carbonyl (C=O) groups is 1. The molecule has 0 saturated carbocycles. The van der Waals surface area contributed by atoms with Crippen molar-refractivity contribution in [3.8, 4) is 5.75 Å². The monoisotopic (exact) mass is 264 g/mol. The van der Waals surface area contributed by atoms with Gasteiger partial charge in [0, 0.05) is 6.54 Å². The zero-order chi connectivity index (χ0) is 14.5. The normalized spacial score (nSPS) is 11.2. The average molecular weight is 264 g/mol. The first-order chi connectivity index (χ1) is 9.02. The molecule has 19 heavy (non-hydrogen) atoms. The van der Waals surface area contributed by atoms with Crippen molar-refractivity contribution in [2.45, 2.75) is 33.6 Å². The Bertz CT molecular complexity index is 432. The van der Waals surface area contributed by atoms with E-state index in [-0.39, 0.29) is 5.91 Å². The average Bonchev–Trinajstić information content (AvgIpc) is 2.43. The molecule has 4 nitrogen and oxygen atoms in total. The number of hydrogen-bond acceptors (Lipinski definition) is 3. The van der Waals surface area contributed by atoms with Crippen LogP contribution in [-0.2, 0) is 4.79 Å². The molecule has 0 aromatic heterocycles. The largest absolute Gasteiger partial charge is 0.495 e. The van der Waals surface area contributed by atoms with Crippen LogP contribution in [0.15, 0.2) is 18.2 Å². The number of rotatable bonds is 6. The smallest absolute Gasteiger partial charge is 0.231 e. The predicted octanol–water partition coefficient (Wildman–Crippen LogP) is 2.71. The molecule has 0 aliphatic rings. The van der Waals surface area contributed by atoms with E-state index in [1.165, 1.54) is 0 Å². The Balaban J connectivity index is 2.99. The molecule has 4 heteroatoms. The number of carbonyl (C=O) groups excluding carboxylic acids is 1. The van der Waals surface area contributed by atoms with Crippen molar-refractivity contribution in [2.75, 3.05) is 19.0 Å². The van der Waals surface area contributed by atoms with Gasteiger partial charge in [0.2, 0.25) is 5.91 Å². The highest BCUT2D eigenvalue weighted by atomic mass is 16.5. The molecule has 0 saturated heterocycles. The summed E-state index contributed by atoms with van der Waals surface area (Å²) in [6.07, 6.45) is 1.44. The van der Waals surface area contributed by atoms with Crippen LogP contribution in [-0.4, -0.2) is 19.6 Å². The second-order valence-electron chi connectivity index (χ2n) is 4.85. The highest BCUT2D eigenvalue weighted by Gasteiger charge is 2.33. The minimum atomic E-state index is -0.504. The first-order valence-electron chi connectivity index (χ1n) is 6.69. The lowest BCUT2D eigenvalue weighted by Gasteiger charge is -2.28. The van der Waals surface area contributed by atoms with Crippen LogP contribution in [0.1, 0.15) is 32.3 Å². The van der Waals surface area contributed by atoms with E-state index < -0.39 is 5.41 Å². The van der Waals surface area contributed by atoms with Crippen LogP contribution in [0.4, 0.5) is 5.69 Å². The number of benzene rings is 1. The number of ether oxygens (including phenoxy) is 1. The van der Waals surface area contributed by atoms with Crippen LogP contribution in [0.3, 0.4) is 0 Å². The van der Waals surface area contributed by atoms with E-state index in [0.717, 1.165) is 18.4 Å². The van der Waals surface area contributed by atoms with Crippen molar-refractivity contribution in [3.05, 3.63) is 23.8 Å². The van der Waals surface area contributed by atoms with E-state index in [2.05, 4.69) is 5.32 Å². The maximum Gasteiger partial charge on any atom is 0.231 e. The SMILES string of the molecule is CCC(CC)(CN)C(=O)Nc1ccc(C)cc1OC. The number of methoxy groups -OCH3 is 1. The Morgan fingerprint density at radius 1 is 1.37 bits per heavy atom. The van der Waals surface area contributed by atoms with Gasteiger partial charge in [-0.3, -0.25) is 4.79 Å². The third kappa shape index (κ3) is 3.26. The van der Waals surface area contributed by atoms with Gasteiger partial charge in [-0.15, -0.1) is 0 Å². The summed E-state index contributed by atoms with van der Waals surface area (Å²) in [5, 5.41) is 2.94. The molecular formula is C15H24N2O2. The molecule has 0 unspecified atom stereocenters. The van der Waals surface area contributed by atoms with Crippen molar-refractivity contribution < 1.29 is 9.53 Å². The molecule has 0 fully saturated rings. The zero-order valence-corrected chi connectivity index (χ0v) is 12.2. The van der Waals surface area contributed by atoms with Gasteiger partial charge in [0.15, 0.2) is 0 Å². The van der Waals surface area contributed by atoms with Crippen molar-refractivity contribution in [3.63, 3.8) is 0 Å². The molecule has 106 valence electrons. The van der Waals surface area contributed by atoms with Crippen LogP contribution in [0.2, 0.25) is 0 Å². The van der Waals surface area contributed by atoms with Gasteiger partial charge in [-0.2, -0.15) is 0 Å². The van der Waals surface area contributed by atoms with Crippen molar-refractivity contribution >= 4 is 11.6 Å². The Morgan fingerprint density at radius 3 is 2.47 bits per heavy atom. The zero-order valence-electron chi connectivity index (χ0n) is 12.2. The molecule has 1 aromatic rings. The van der Waals surface area contributed by atoms with E-state index in [9.17, 15) is 4.79 Å². The minimum Gasteiger partial charge on any atom is -0.495 e. The molecule has 1 rings (SSSR count). The van der Waals surface area contributed by atoms with E-state index >= 15 is 0 Å². The quantitative estimate of drug-likeness (QED) is 0.830. The molecule has 0 bridgehead atoms. The Labute approximate surface area is 115 Å². The Morgan fingerprint density at radius 2 is 2.00 bits per heavy atom. The highest BCUT2D eigenvalue weighted by Crippen LogP contribution is 2.30. The van der Waals surface area contributed by atoms with Gasteiger partial charge < -0.3 is 15.8 Å². The fraction of sp³-hybridized carbons (Fsp3) is 0.533. The molecule has 0 aliphatic carbocycles. The number of amides is 1. The summed E-state index contributed by atoms with van der Waals surface area (Å²) in [7, 11) is 1.60. The molecule has 0 radical (unpaired) electrons. The summed E-state index contributed by atoms with van der Waals surface area (Å²) in [6, 6.07) is 5.70. The van der Waals surface area contributed by atoms with Gasteiger partial charge in [0.05, 0.1) is 18.2 Å². The number of nitrogens with two attached hydrogens (primary N) is 1. The van der Waals surface area contributed by atoms with Crippen molar-refractivity contribution in [1.29, 1.82) is 0 Å². The first-order valence-corrected chi connectivity index (χ1v) is 6.69. The lowest BCUT2D eigenvalue weighted by molar-refractivity contribution is -0.125. The van der Waals surface area contributed by atoms with Gasteiger partial charge in [-0.05, 0) is 37.5 Å². The fourth-order valence-electron chi connectivity index (χ4n) is 2.11. The van der Waals surface area contributed by atoms with Crippen molar-refractivity contribution in [2.24, 2.45) is 11.1 Å². The molecule has 3 N–H and O–H groups in total. The predicted molar refractivity (Wildman–Crippen MR) is 78.4 cm³/mol. The van der Waals surface area contributed by atoms with Crippen molar-refractivity contribution in [1.82, 2.24) is 0 Å². The number of hydrogen-bond donors (Lipinski definition) is 2. The molecular weight excluding hydrogens is 240 g/mol. The van der Waals surface area contributed by atoms with Gasteiger partial charge in [-0.25, -0.2) is 0 Å². The molecule has 1 amide bonds. The standard InChI is InChI=1S/C15H24N2O2/c1-5-15(6-2,10-16)14(18)17-12-8-7-11(3)9-13(12)19-4/h7-9H,5-6,10,16H2,1-4H3,(H,17,18). The van der Waals surface area contributed by atoms with Crippen LogP contribution < -0.4 is 15.8 Å². The summed E-state index contributed by atoms with van der Waals surface area (Å²) in [5.74, 6) is 0.633. The van der Waals surface area contributed by atoms with Gasteiger partial charge in [-0.1, -0.05) is 19.9 Å². The summed E-state index contributed by atoms with van der Waals surface area (Å²) in [5.41, 5.74) is 7.06. The second kappa shape index (κ2) is 6.57.